The van der Waals surface area contributed by atoms with E-state index in [1.54, 1.807) is 7.11 Å². The van der Waals surface area contributed by atoms with Gasteiger partial charge in [0.2, 0.25) is 0 Å². The van der Waals surface area contributed by atoms with Gasteiger partial charge >= 0.3 is 0 Å². The summed E-state index contributed by atoms with van der Waals surface area (Å²) in [6.45, 7) is 3.40. The lowest BCUT2D eigenvalue weighted by Crippen LogP contribution is -2.21. The maximum Gasteiger partial charge on any atom is 0.119 e. The monoisotopic (exact) mass is 273 g/mol. The molecule has 0 radical (unpaired) electrons. The third-order valence-electron chi connectivity index (χ3n) is 2.15. The highest BCUT2D eigenvalue weighted by molar-refractivity contribution is 9.10. The summed E-state index contributed by atoms with van der Waals surface area (Å²) in [6, 6.07) is 5.57. The second-order valence-corrected chi connectivity index (χ2v) is 4.07. The van der Waals surface area contributed by atoms with Crippen molar-refractivity contribution in [2.75, 3.05) is 20.2 Å². The Morgan fingerprint density at radius 3 is 2.87 bits per heavy atom. The molecule has 1 atom stereocenters. The average molecular weight is 274 g/mol. The van der Waals surface area contributed by atoms with E-state index in [1.807, 2.05) is 25.1 Å². The van der Waals surface area contributed by atoms with Crippen LogP contribution in [0.2, 0.25) is 0 Å². The molecular formula is C11H16BrNO2. The fourth-order valence-electron chi connectivity index (χ4n) is 1.30. The van der Waals surface area contributed by atoms with Gasteiger partial charge in [0.05, 0.1) is 13.2 Å². The van der Waals surface area contributed by atoms with Crippen LogP contribution in [0, 0.1) is 0 Å². The molecule has 0 spiro atoms. The topological polar surface area (TPSA) is 41.5 Å². The third kappa shape index (κ3) is 3.48. The number of ether oxygens (including phenoxy) is 1. The highest BCUT2D eigenvalue weighted by Gasteiger charge is 2.11. The second kappa shape index (κ2) is 6.10. The highest BCUT2D eigenvalue weighted by Crippen LogP contribution is 2.27. The zero-order chi connectivity index (χ0) is 11.3. The number of methoxy groups -OCH3 is 1. The zero-order valence-corrected chi connectivity index (χ0v) is 10.5. The number of hydrogen-bond acceptors (Lipinski definition) is 3. The Bertz CT molecular complexity index is 317. The van der Waals surface area contributed by atoms with E-state index in [0.29, 0.717) is 6.54 Å². The van der Waals surface area contributed by atoms with Crippen LogP contribution in [0.5, 0.6) is 5.75 Å². The van der Waals surface area contributed by atoms with Gasteiger partial charge in [0.1, 0.15) is 5.75 Å². The molecule has 1 rings (SSSR count). The number of rotatable bonds is 5. The SMILES string of the molecule is CCNCC(O)c1cc(OC)ccc1Br. The number of hydrogen-bond donors (Lipinski definition) is 2. The molecule has 0 amide bonds. The minimum absolute atomic E-state index is 0.519. The van der Waals surface area contributed by atoms with Crippen LogP contribution in [0.3, 0.4) is 0 Å². The van der Waals surface area contributed by atoms with Crippen LogP contribution in [0.4, 0.5) is 0 Å². The first-order valence-electron chi connectivity index (χ1n) is 4.91. The summed E-state index contributed by atoms with van der Waals surface area (Å²) in [5, 5.41) is 13.0. The number of nitrogens with one attached hydrogen (secondary N) is 1. The standard InChI is InChI=1S/C11H16BrNO2/c1-3-13-7-11(14)9-6-8(15-2)4-5-10(9)12/h4-6,11,13-14H,3,7H2,1-2H3. The fraction of sp³-hybridized carbons (Fsp3) is 0.455. The van der Waals surface area contributed by atoms with E-state index >= 15 is 0 Å². The van der Waals surface area contributed by atoms with Crippen LogP contribution in [0.15, 0.2) is 22.7 Å². The molecule has 15 heavy (non-hydrogen) atoms. The van der Waals surface area contributed by atoms with Crippen LogP contribution in [-0.4, -0.2) is 25.3 Å². The molecule has 1 unspecified atom stereocenters. The predicted molar refractivity (Wildman–Crippen MR) is 64.2 cm³/mol. The summed E-state index contributed by atoms with van der Waals surface area (Å²) in [5.41, 5.74) is 0.843. The van der Waals surface area contributed by atoms with E-state index in [0.717, 1.165) is 22.3 Å². The van der Waals surface area contributed by atoms with Gasteiger partial charge in [-0.1, -0.05) is 22.9 Å². The molecule has 0 aromatic heterocycles. The van der Waals surface area contributed by atoms with E-state index in [-0.39, 0.29) is 0 Å². The molecule has 1 aromatic rings. The van der Waals surface area contributed by atoms with Crippen LogP contribution >= 0.6 is 15.9 Å². The van der Waals surface area contributed by atoms with Crippen LogP contribution in [0.1, 0.15) is 18.6 Å². The van der Waals surface area contributed by atoms with E-state index < -0.39 is 6.10 Å². The van der Waals surface area contributed by atoms with E-state index in [2.05, 4.69) is 21.2 Å². The third-order valence-corrected chi connectivity index (χ3v) is 2.87. The lowest BCUT2D eigenvalue weighted by atomic mass is 10.1. The van der Waals surface area contributed by atoms with Crippen molar-refractivity contribution in [2.24, 2.45) is 0 Å². The van der Waals surface area contributed by atoms with Crippen molar-refractivity contribution in [3.63, 3.8) is 0 Å². The van der Waals surface area contributed by atoms with Crippen molar-refractivity contribution in [3.8, 4) is 5.75 Å². The summed E-state index contributed by atoms with van der Waals surface area (Å²) in [6.07, 6.45) is -0.519. The molecule has 0 saturated heterocycles. The molecular weight excluding hydrogens is 258 g/mol. The van der Waals surface area contributed by atoms with Gasteiger partial charge in [-0.2, -0.15) is 0 Å². The first kappa shape index (κ1) is 12.5. The van der Waals surface area contributed by atoms with Crippen LogP contribution in [0.25, 0.3) is 0 Å². The molecule has 1 aromatic carbocycles. The van der Waals surface area contributed by atoms with Crippen molar-refractivity contribution in [1.82, 2.24) is 5.32 Å². The van der Waals surface area contributed by atoms with Gasteiger partial charge in [-0.15, -0.1) is 0 Å². The second-order valence-electron chi connectivity index (χ2n) is 3.21. The number of aliphatic hydroxyl groups is 1. The summed E-state index contributed by atoms with van der Waals surface area (Å²) in [5.74, 6) is 0.753. The van der Waals surface area contributed by atoms with Gasteiger partial charge in [-0.05, 0) is 30.3 Å². The molecule has 0 aliphatic heterocycles. The average Bonchev–Trinajstić information content (AvgIpc) is 2.26. The minimum atomic E-state index is -0.519. The Balaban J connectivity index is 2.81. The molecule has 0 bridgehead atoms. The molecule has 0 saturated carbocycles. The number of benzene rings is 1. The minimum Gasteiger partial charge on any atom is -0.497 e. The van der Waals surface area contributed by atoms with Crippen LogP contribution < -0.4 is 10.1 Å². The first-order valence-corrected chi connectivity index (χ1v) is 5.70. The number of aliphatic hydroxyl groups excluding tert-OH is 1. The van der Waals surface area contributed by atoms with Gasteiger partial charge in [-0.3, -0.25) is 0 Å². The maximum atomic E-state index is 9.90. The summed E-state index contributed by atoms with van der Waals surface area (Å²) in [4.78, 5) is 0. The quantitative estimate of drug-likeness (QED) is 0.864. The maximum absolute atomic E-state index is 9.90. The molecule has 0 heterocycles. The number of halogens is 1. The molecule has 2 N–H and O–H groups in total. The zero-order valence-electron chi connectivity index (χ0n) is 8.96. The predicted octanol–water partition coefficient (Wildman–Crippen LogP) is 2.10. The van der Waals surface area contributed by atoms with Crippen molar-refractivity contribution in [1.29, 1.82) is 0 Å². The van der Waals surface area contributed by atoms with E-state index in [1.165, 1.54) is 0 Å². The Labute approximate surface area is 98.6 Å². The Kier molecular flexibility index (Phi) is 5.08. The van der Waals surface area contributed by atoms with E-state index in [9.17, 15) is 5.11 Å². The Hall–Kier alpha value is -0.580. The smallest absolute Gasteiger partial charge is 0.119 e. The van der Waals surface area contributed by atoms with E-state index in [4.69, 9.17) is 4.74 Å². The summed E-state index contributed by atoms with van der Waals surface area (Å²) >= 11 is 3.41. The molecule has 4 heteroatoms. The van der Waals surface area contributed by atoms with Crippen LogP contribution in [-0.2, 0) is 0 Å². The molecule has 0 fully saturated rings. The van der Waals surface area contributed by atoms with Gasteiger partial charge in [-0.25, -0.2) is 0 Å². The lowest BCUT2D eigenvalue weighted by Gasteiger charge is -2.14. The van der Waals surface area contributed by atoms with Gasteiger partial charge in [0, 0.05) is 11.0 Å². The van der Waals surface area contributed by atoms with Gasteiger partial charge in [0.25, 0.3) is 0 Å². The summed E-state index contributed by atoms with van der Waals surface area (Å²) < 4.78 is 6.01. The van der Waals surface area contributed by atoms with Crippen molar-refractivity contribution in [3.05, 3.63) is 28.2 Å². The molecule has 3 nitrogen and oxygen atoms in total. The van der Waals surface area contributed by atoms with Gasteiger partial charge < -0.3 is 15.2 Å². The Morgan fingerprint density at radius 2 is 2.27 bits per heavy atom. The highest BCUT2D eigenvalue weighted by atomic mass is 79.9. The van der Waals surface area contributed by atoms with Crippen molar-refractivity contribution < 1.29 is 9.84 Å². The Morgan fingerprint density at radius 1 is 1.53 bits per heavy atom. The first-order chi connectivity index (χ1) is 7.19. The summed E-state index contributed by atoms with van der Waals surface area (Å²) in [7, 11) is 1.61. The molecule has 84 valence electrons. The fourth-order valence-corrected chi connectivity index (χ4v) is 1.81. The molecule has 0 aliphatic carbocycles. The van der Waals surface area contributed by atoms with Crippen molar-refractivity contribution >= 4 is 15.9 Å². The molecule has 0 aliphatic rings. The van der Waals surface area contributed by atoms with Gasteiger partial charge in [0.15, 0.2) is 0 Å². The normalized spacial score (nSPS) is 12.5. The largest absolute Gasteiger partial charge is 0.497 e. The number of likely N-dealkylation sites (N-methyl/N-ethyl adjacent to an activating group) is 1. The van der Waals surface area contributed by atoms with Crippen molar-refractivity contribution in [2.45, 2.75) is 13.0 Å². The lowest BCUT2D eigenvalue weighted by molar-refractivity contribution is 0.174.